The van der Waals surface area contributed by atoms with E-state index in [0.29, 0.717) is 19.4 Å². The highest BCUT2D eigenvalue weighted by atomic mass is 16.5. The van der Waals surface area contributed by atoms with Gasteiger partial charge in [-0.1, -0.05) is 48.6 Å². The van der Waals surface area contributed by atoms with E-state index in [0.717, 1.165) is 5.56 Å². The average Bonchev–Trinajstić information content (AvgIpc) is 2.44. The topological polar surface area (TPSA) is 26.3 Å². The summed E-state index contributed by atoms with van der Waals surface area (Å²) < 4.78 is 4.88. The van der Waals surface area contributed by atoms with Gasteiger partial charge in [0, 0.05) is 6.42 Å². The van der Waals surface area contributed by atoms with Crippen LogP contribution in [0.15, 0.2) is 48.5 Å². The third-order valence-corrected chi connectivity index (χ3v) is 2.90. The molecule has 0 heterocycles. The maximum atomic E-state index is 11.2. The first kappa shape index (κ1) is 13.3. The summed E-state index contributed by atoms with van der Waals surface area (Å²) in [5.41, 5.74) is 1.16. The summed E-state index contributed by atoms with van der Waals surface area (Å²) in [7, 11) is 0. The average molecular weight is 254 g/mol. The van der Waals surface area contributed by atoms with E-state index < -0.39 is 0 Å². The van der Waals surface area contributed by atoms with E-state index in [2.05, 4.69) is 30.3 Å². The monoisotopic (exact) mass is 254 g/mol. The molecule has 0 unspecified atom stereocenters. The minimum Gasteiger partial charge on any atom is -0.466 e. The largest absolute Gasteiger partial charge is 0.466 e. The van der Waals surface area contributed by atoms with Crippen LogP contribution in [-0.4, -0.2) is 12.6 Å². The number of carbonyl (C=O) groups is 1. The predicted molar refractivity (Wildman–Crippen MR) is 78.8 cm³/mol. The Labute approximate surface area is 113 Å². The van der Waals surface area contributed by atoms with Crippen molar-refractivity contribution >= 4 is 22.8 Å². The van der Waals surface area contributed by atoms with Crippen LogP contribution < -0.4 is 0 Å². The molecule has 0 radical (unpaired) electrons. The molecule has 19 heavy (non-hydrogen) atoms. The molecule has 2 aromatic rings. The maximum Gasteiger partial charge on any atom is 0.306 e. The molecule has 0 N–H and O–H groups in total. The van der Waals surface area contributed by atoms with Crippen LogP contribution >= 0.6 is 0 Å². The van der Waals surface area contributed by atoms with Gasteiger partial charge in [-0.05, 0) is 35.7 Å². The normalized spacial score (nSPS) is 11.0. The molecule has 0 spiro atoms. The van der Waals surface area contributed by atoms with Crippen LogP contribution in [0.3, 0.4) is 0 Å². The van der Waals surface area contributed by atoms with Crippen LogP contribution in [0, 0.1) is 0 Å². The van der Waals surface area contributed by atoms with Crippen molar-refractivity contribution in [2.45, 2.75) is 19.8 Å². The lowest BCUT2D eigenvalue weighted by Gasteiger charge is -2.00. The highest BCUT2D eigenvalue weighted by Gasteiger charge is 1.98. The Bertz CT molecular complexity index is 585. The van der Waals surface area contributed by atoms with Gasteiger partial charge in [0.1, 0.15) is 0 Å². The van der Waals surface area contributed by atoms with Crippen molar-refractivity contribution in [2.24, 2.45) is 0 Å². The number of hydrogen-bond acceptors (Lipinski definition) is 2. The molecule has 2 nitrogen and oxygen atoms in total. The molecule has 0 bridgehead atoms. The molecule has 0 aliphatic carbocycles. The van der Waals surface area contributed by atoms with Crippen molar-refractivity contribution in [3.05, 3.63) is 54.1 Å². The molecule has 2 rings (SSSR count). The summed E-state index contributed by atoms with van der Waals surface area (Å²) in [6.07, 6.45) is 5.22. The SMILES string of the molecule is CCOC(=O)CC/C=C/c1ccc2ccccc2c1. The molecule has 0 atom stereocenters. The van der Waals surface area contributed by atoms with E-state index in [1.165, 1.54) is 10.8 Å². The maximum absolute atomic E-state index is 11.2. The molecule has 0 saturated heterocycles. The van der Waals surface area contributed by atoms with E-state index in [4.69, 9.17) is 4.74 Å². The van der Waals surface area contributed by atoms with Gasteiger partial charge in [0.25, 0.3) is 0 Å². The Morgan fingerprint density at radius 1 is 1.16 bits per heavy atom. The predicted octanol–water partition coefficient (Wildman–Crippen LogP) is 4.20. The number of rotatable bonds is 5. The Morgan fingerprint density at radius 3 is 2.74 bits per heavy atom. The highest BCUT2D eigenvalue weighted by molar-refractivity contribution is 5.84. The Hall–Kier alpha value is -2.09. The number of hydrogen-bond donors (Lipinski definition) is 0. The van der Waals surface area contributed by atoms with Gasteiger partial charge < -0.3 is 4.74 Å². The van der Waals surface area contributed by atoms with Crippen molar-refractivity contribution in [3.8, 4) is 0 Å². The van der Waals surface area contributed by atoms with E-state index in [1.807, 2.05) is 31.2 Å². The number of esters is 1. The fraction of sp³-hybridized carbons (Fsp3) is 0.235. The summed E-state index contributed by atoms with van der Waals surface area (Å²) >= 11 is 0. The molecule has 0 aliphatic rings. The molecular formula is C17H18O2. The van der Waals surface area contributed by atoms with Gasteiger partial charge in [-0.2, -0.15) is 0 Å². The van der Waals surface area contributed by atoms with E-state index in [-0.39, 0.29) is 5.97 Å². The van der Waals surface area contributed by atoms with Gasteiger partial charge in [-0.3, -0.25) is 4.79 Å². The quantitative estimate of drug-likeness (QED) is 0.748. The molecule has 0 amide bonds. The minimum absolute atomic E-state index is 0.134. The van der Waals surface area contributed by atoms with Crippen molar-refractivity contribution in [1.29, 1.82) is 0 Å². The summed E-state index contributed by atoms with van der Waals surface area (Å²) in [5.74, 6) is -0.134. The molecule has 0 aromatic heterocycles. The second-order valence-electron chi connectivity index (χ2n) is 4.35. The standard InChI is InChI=1S/C17H18O2/c1-2-19-17(18)10-6-3-7-14-11-12-15-8-4-5-9-16(15)13-14/h3-5,7-9,11-13H,2,6,10H2,1H3/b7-3+. The fourth-order valence-corrected chi connectivity index (χ4v) is 1.97. The number of ether oxygens (including phenoxy) is 1. The van der Waals surface area contributed by atoms with Crippen molar-refractivity contribution < 1.29 is 9.53 Å². The first-order valence-corrected chi connectivity index (χ1v) is 6.60. The first-order chi connectivity index (χ1) is 9.29. The van der Waals surface area contributed by atoms with E-state index >= 15 is 0 Å². The van der Waals surface area contributed by atoms with Crippen LogP contribution in [0.1, 0.15) is 25.3 Å². The van der Waals surface area contributed by atoms with Crippen molar-refractivity contribution in [3.63, 3.8) is 0 Å². The Morgan fingerprint density at radius 2 is 1.95 bits per heavy atom. The minimum atomic E-state index is -0.134. The molecular weight excluding hydrogens is 236 g/mol. The molecule has 2 heteroatoms. The second kappa shape index (κ2) is 6.74. The van der Waals surface area contributed by atoms with Gasteiger partial charge in [0.15, 0.2) is 0 Å². The van der Waals surface area contributed by atoms with Crippen LogP contribution in [0.25, 0.3) is 16.8 Å². The zero-order valence-electron chi connectivity index (χ0n) is 11.1. The third-order valence-electron chi connectivity index (χ3n) is 2.90. The highest BCUT2D eigenvalue weighted by Crippen LogP contribution is 2.16. The fourth-order valence-electron chi connectivity index (χ4n) is 1.97. The zero-order chi connectivity index (χ0) is 13.5. The van der Waals surface area contributed by atoms with Crippen LogP contribution in [0.5, 0.6) is 0 Å². The summed E-state index contributed by atoms with van der Waals surface area (Å²) in [4.78, 5) is 11.2. The Balaban J connectivity index is 1.95. The molecule has 98 valence electrons. The van der Waals surface area contributed by atoms with E-state index in [1.54, 1.807) is 0 Å². The second-order valence-corrected chi connectivity index (χ2v) is 4.35. The molecule has 0 fully saturated rings. The van der Waals surface area contributed by atoms with Crippen molar-refractivity contribution in [1.82, 2.24) is 0 Å². The Kier molecular flexibility index (Phi) is 4.73. The molecule has 0 aliphatic heterocycles. The lowest BCUT2D eigenvalue weighted by atomic mass is 10.1. The third kappa shape index (κ3) is 3.95. The number of fused-ring (bicyclic) bond motifs is 1. The van der Waals surface area contributed by atoms with Gasteiger partial charge in [0.05, 0.1) is 6.61 Å². The number of benzene rings is 2. The number of carbonyl (C=O) groups excluding carboxylic acids is 1. The smallest absolute Gasteiger partial charge is 0.306 e. The molecule has 2 aromatic carbocycles. The van der Waals surface area contributed by atoms with Crippen LogP contribution in [0.2, 0.25) is 0 Å². The summed E-state index contributed by atoms with van der Waals surface area (Å²) in [5, 5.41) is 2.47. The van der Waals surface area contributed by atoms with Gasteiger partial charge >= 0.3 is 5.97 Å². The molecule has 0 saturated carbocycles. The first-order valence-electron chi connectivity index (χ1n) is 6.60. The number of allylic oxidation sites excluding steroid dienone is 1. The summed E-state index contributed by atoms with van der Waals surface area (Å²) in [6.45, 7) is 2.27. The van der Waals surface area contributed by atoms with Crippen LogP contribution in [0.4, 0.5) is 0 Å². The summed E-state index contributed by atoms with van der Waals surface area (Å²) in [6, 6.07) is 14.6. The van der Waals surface area contributed by atoms with Crippen molar-refractivity contribution in [2.75, 3.05) is 6.61 Å². The lowest BCUT2D eigenvalue weighted by molar-refractivity contribution is -0.142. The van der Waals surface area contributed by atoms with Gasteiger partial charge in [0.2, 0.25) is 0 Å². The van der Waals surface area contributed by atoms with Gasteiger partial charge in [-0.25, -0.2) is 0 Å². The lowest BCUT2D eigenvalue weighted by Crippen LogP contribution is -2.02. The van der Waals surface area contributed by atoms with Crippen LogP contribution in [-0.2, 0) is 9.53 Å². The zero-order valence-corrected chi connectivity index (χ0v) is 11.1. The van der Waals surface area contributed by atoms with E-state index in [9.17, 15) is 4.79 Å². The van der Waals surface area contributed by atoms with Gasteiger partial charge in [-0.15, -0.1) is 0 Å².